The van der Waals surface area contributed by atoms with Gasteiger partial charge in [0.25, 0.3) is 5.91 Å². The number of amides is 1. The topological polar surface area (TPSA) is 67.9 Å². The largest absolute Gasteiger partial charge is 0.484 e. The van der Waals surface area contributed by atoms with E-state index in [1.807, 2.05) is 12.1 Å². The second-order valence-corrected chi connectivity index (χ2v) is 5.10. The van der Waals surface area contributed by atoms with Crippen LogP contribution in [0.3, 0.4) is 0 Å². The van der Waals surface area contributed by atoms with Crippen molar-refractivity contribution in [2.24, 2.45) is 10.7 Å². The number of carbonyl (C=O) groups excluding carboxylic acids is 1. The lowest BCUT2D eigenvalue weighted by molar-refractivity contribution is -0.130. The smallest absolute Gasteiger partial charge is 0.259 e. The van der Waals surface area contributed by atoms with Crippen LogP contribution in [0, 0.1) is 0 Å². The molecule has 2 N–H and O–H groups in total. The Bertz CT molecular complexity index is 522. The first kappa shape index (κ1) is 16.2. The van der Waals surface area contributed by atoms with Gasteiger partial charge in [-0.25, -0.2) is 0 Å². The molecule has 1 rings (SSSR count). The van der Waals surface area contributed by atoms with Crippen LogP contribution in [0.25, 0.3) is 5.70 Å². The Balaban J connectivity index is 2.74. The predicted octanol–water partition coefficient (Wildman–Crippen LogP) is 1.88. The quantitative estimate of drug-likeness (QED) is 0.832. The number of hydrogen-bond donors (Lipinski definition) is 1. The zero-order chi connectivity index (χ0) is 15.1. The van der Waals surface area contributed by atoms with Gasteiger partial charge in [-0.2, -0.15) is 0 Å². The van der Waals surface area contributed by atoms with Crippen LogP contribution in [0.15, 0.2) is 33.7 Å². The average Bonchev–Trinajstić information content (AvgIpc) is 2.44. The van der Waals surface area contributed by atoms with Gasteiger partial charge in [-0.1, -0.05) is 0 Å². The summed E-state index contributed by atoms with van der Waals surface area (Å²) in [5.41, 5.74) is 7.42. The molecule has 0 saturated carbocycles. The van der Waals surface area contributed by atoms with Crippen LogP contribution in [0.5, 0.6) is 5.75 Å². The van der Waals surface area contributed by atoms with Crippen molar-refractivity contribution in [3.05, 3.63) is 34.3 Å². The molecule has 0 fully saturated rings. The fourth-order valence-electron chi connectivity index (χ4n) is 1.33. The molecule has 0 bridgehead atoms. The van der Waals surface area contributed by atoms with Crippen molar-refractivity contribution < 1.29 is 9.53 Å². The number of nitrogens with zero attached hydrogens (tertiary/aromatic N) is 2. The van der Waals surface area contributed by atoms with E-state index >= 15 is 0 Å². The van der Waals surface area contributed by atoms with Crippen molar-refractivity contribution in [1.82, 2.24) is 4.90 Å². The molecule has 0 spiro atoms. The van der Waals surface area contributed by atoms with Crippen molar-refractivity contribution in [2.45, 2.75) is 0 Å². The molecule has 20 heavy (non-hydrogen) atoms. The highest BCUT2D eigenvalue weighted by molar-refractivity contribution is 9.12. The highest BCUT2D eigenvalue weighted by Crippen LogP contribution is 2.20. The number of hydrogen-bond acceptors (Lipinski definition) is 4. The summed E-state index contributed by atoms with van der Waals surface area (Å²) in [6, 6.07) is 7.20. The number of ether oxygens (including phenoxy) is 1. The van der Waals surface area contributed by atoms with Crippen molar-refractivity contribution in [3.8, 4) is 5.75 Å². The van der Waals surface area contributed by atoms with Crippen molar-refractivity contribution in [1.29, 1.82) is 0 Å². The average molecular weight is 340 g/mol. The van der Waals surface area contributed by atoms with E-state index in [9.17, 15) is 4.79 Å². The van der Waals surface area contributed by atoms with E-state index in [0.717, 1.165) is 10.0 Å². The number of likely N-dealkylation sites (N-methyl/N-ethyl adjacent to an activating group) is 1. The van der Waals surface area contributed by atoms with Gasteiger partial charge in [-0.15, -0.1) is 0 Å². The summed E-state index contributed by atoms with van der Waals surface area (Å²) in [6.45, 7) is 0.0177. The van der Waals surface area contributed by atoms with Gasteiger partial charge in [0.1, 0.15) is 5.75 Å². The molecule has 1 amide bonds. The van der Waals surface area contributed by atoms with Crippen LogP contribution in [0.4, 0.5) is 0 Å². The van der Waals surface area contributed by atoms with Gasteiger partial charge in [0, 0.05) is 27.4 Å². The first-order valence-electron chi connectivity index (χ1n) is 5.96. The minimum atomic E-state index is -0.0876. The third kappa shape index (κ3) is 4.70. The third-order valence-corrected chi connectivity index (χ3v) is 3.16. The summed E-state index contributed by atoms with van der Waals surface area (Å²) in [5, 5.41) is 0. The van der Waals surface area contributed by atoms with Crippen LogP contribution < -0.4 is 10.5 Å². The first-order valence-corrected chi connectivity index (χ1v) is 6.75. The van der Waals surface area contributed by atoms with Gasteiger partial charge in [0.2, 0.25) is 0 Å². The number of aliphatic imine (C=N–C) groups is 1. The summed E-state index contributed by atoms with van der Waals surface area (Å²) in [6.07, 6.45) is 1.63. The van der Waals surface area contributed by atoms with E-state index in [1.54, 1.807) is 39.5 Å². The number of halogens is 1. The molecule has 1 aromatic rings. The Morgan fingerprint density at radius 3 is 2.50 bits per heavy atom. The molecule has 5 nitrogen and oxygen atoms in total. The van der Waals surface area contributed by atoms with Gasteiger partial charge in [-0.3, -0.25) is 9.79 Å². The number of nitrogens with two attached hydrogens (primary N) is 1. The second kappa shape index (κ2) is 7.69. The SMILES string of the molecule is CN=CC(Br)=C(N)c1ccc(OCC(=O)N(C)C)cc1. The van der Waals surface area contributed by atoms with E-state index in [4.69, 9.17) is 10.5 Å². The molecule has 6 heteroatoms. The first-order chi connectivity index (χ1) is 9.45. The van der Waals surface area contributed by atoms with Crippen LogP contribution >= 0.6 is 15.9 Å². The fourth-order valence-corrected chi connectivity index (χ4v) is 1.76. The highest BCUT2D eigenvalue weighted by atomic mass is 79.9. The Morgan fingerprint density at radius 1 is 1.40 bits per heavy atom. The fraction of sp³-hybridized carbons (Fsp3) is 0.286. The molecule has 0 atom stereocenters. The molecule has 1 aromatic carbocycles. The summed E-state index contributed by atoms with van der Waals surface area (Å²) in [5.74, 6) is 0.535. The summed E-state index contributed by atoms with van der Waals surface area (Å²) in [7, 11) is 5.05. The number of rotatable bonds is 5. The van der Waals surface area contributed by atoms with Crippen LogP contribution in [-0.2, 0) is 4.79 Å². The monoisotopic (exact) mass is 339 g/mol. The van der Waals surface area contributed by atoms with Gasteiger partial charge in [-0.05, 0) is 45.8 Å². The molecular weight excluding hydrogens is 322 g/mol. The van der Waals surface area contributed by atoms with E-state index in [-0.39, 0.29) is 12.5 Å². The molecular formula is C14H18BrN3O2. The van der Waals surface area contributed by atoms with E-state index < -0.39 is 0 Å². The van der Waals surface area contributed by atoms with Crippen LogP contribution in [0.2, 0.25) is 0 Å². The maximum Gasteiger partial charge on any atom is 0.259 e. The Kier molecular flexibility index (Phi) is 6.24. The highest BCUT2D eigenvalue weighted by Gasteiger charge is 2.06. The molecule has 0 aliphatic carbocycles. The van der Waals surface area contributed by atoms with Crippen molar-refractivity contribution >= 4 is 33.7 Å². The molecule has 0 heterocycles. The predicted molar refractivity (Wildman–Crippen MR) is 85.1 cm³/mol. The second-order valence-electron chi connectivity index (χ2n) is 4.25. The Morgan fingerprint density at radius 2 is 2.00 bits per heavy atom. The zero-order valence-corrected chi connectivity index (χ0v) is 13.3. The van der Waals surface area contributed by atoms with Crippen LogP contribution in [0.1, 0.15) is 5.56 Å². The summed E-state index contributed by atoms with van der Waals surface area (Å²) >= 11 is 3.35. The van der Waals surface area contributed by atoms with E-state index in [0.29, 0.717) is 11.4 Å². The van der Waals surface area contributed by atoms with Gasteiger partial charge >= 0.3 is 0 Å². The number of benzene rings is 1. The summed E-state index contributed by atoms with van der Waals surface area (Å²) < 4.78 is 6.10. The summed E-state index contributed by atoms with van der Waals surface area (Å²) in [4.78, 5) is 16.8. The van der Waals surface area contributed by atoms with E-state index in [2.05, 4.69) is 20.9 Å². The molecule has 0 aliphatic rings. The minimum Gasteiger partial charge on any atom is -0.484 e. The lowest BCUT2D eigenvalue weighted by atomic mass is 10.1. The normalized spacial score (nSPS) is 12.2. The van der Waals surface area contributed by atoms with Crippen molar-refractivity contribution in [2.75, 3.05) is 27.7 Å². The van der Waals surface area contributed by atoms with Gasteiger partial charge < -0.3 is 15.4 Å². The molecule has 0 unspecified atom stereocenters. The van der Waals surface area contributed by atoms with Gasteiger partial charge in [0.05, 0.1) is 10.2 Å². The Hall–Kier alpha value is -1.82. The van der Waals surface area contributed by atoms with Gasteiger partial charge in [0.15, 0.2) is 6.61 Å². The zero-order valence-electron chi connectivity index (χ0n) is 11.8. The Labute approximate surface area is 127 Å². The third-order valence-electron chi connectivity index (χ3n) is 2.53. The lowest BCUT2D eigenvalue weighted by Crippen LogP contribution is -2.27. The van der Waals surface area contributed by atoms with E-state index in [1.165, 1.54) is 4.90 Å². The standard InChI is InChI=1S/C14H18BrN3O2/c1-17-8-12(15)14(16)10-4-6-11(7-5-10)20-9-13(19)18(2)3/h4-8H,9,16H2,1-3H3. The molecule has 0 aliphatic heterocycles. The lowest BCUT2D eigenvalue weighted by Gasteiger charge is -2.11. The maximum atomic E-state index is 11.4. The molecule has 0 aromatic heterocycles. The number of allylic oxidation sites excluding steroid dienone is 1. The molecule has 0 radical (unpaired) electrons. The maximum absolute atomic E-state index is 11.4. The number of carbonyl (C=O) groups is 1. The molecule has 108 valence electrons. The van der Waals surface area contributed by atoms with Crippen LogP contribution in [-0.4, -0.2) is 44.8 Å². The van der Waals surface area contributed by atoms with Crippen molar-refractivity contribution in [3.63, 3.8) is 0 Å². The molecule has 0 saturated heterocycles. The minimum absolute atomic E-state index is 0.0177.